The predicted octanol–water partition coefficient (Wildman–Crippen LogP) is 2.73. The maximum Gasteiger partial charge on any atom is 0.243 e. The van der Waals surface area contributed by atoms with Gasteiger partial charge in [0.1, 0.15) is 0 Å². The molecule has 6 nitrogen and oxygen atoms in total. The van der Waals surface area contributed by atoms with E-state index in [1.165, 1.54) is 0 Å². The van der Waals surface area contributed by atoms with Crippen LogP contribution in [-0.2, 0) is 23.1 Å². The van der Waals surface area contributed by atoms with Crippen LogP contribution in [0.1, 0.15) is 30.9 Å². The van der Waals surface area contributed by atoms with Gasteiger partial charge < -0.3 is 10.6 Å². The van der Waals surface area contributed by atoms with Crippen molar-refractivity contribution in [3.8, 4) is 0 Å². The first-order valence-electron chi connectivity index (χ1n) is 9.75. The maximum absolute atomic E-state index is 12.6. The molecule has 3 rings (SSSR count). The molecule has 1 saturated heterocycles. The number of hydrogen-bond acceptors (Lipinski definition) is 3. The lowest BCUT2D eigenvalue weighted by Crippen LogP contribution is -2.36. The zero-order valence-electron chi connectivity index (χ0n) is 16.3. The first kappa shape index (κ1) is 20.4. The molecule has 2 N–H and O–H groups in total. The number of aliphatic imine (C=N–C) groups is 1. The largest absolute Gasteiger partial charge is 0.357 e. The minimum absolute atomic E-state index is 0.364. The Hall–Kier alpha value is -2.38. The van der Waals surface area contributed by atoms with Gasteiger partial charge in [-0.3, -0.25) is 0 Å². The summed E-state index contributed by atoms with van der Waals surface area (Å²) in [4.78, 5) is 4.96. The monoisotopic (exact) mass is 400 g/mol. The van der Waals surface area contributed by atoms with Crippen LogP contribution >= 0.6 is 0 Å². The first-order valence-corrected chi connectivity index (χ1v) is 11.2. The van der Waals surface area contributed by atoms with Crippen molar-refractivity contribution in [2.24, 2.45) is 4.99 Å². The highest BCUT2D eigenvalue weighted by molar-refractivity contribution is 7.89. The van der Waals surface area contributed by atoms with E-state index < -0.39 is 10.0 Å². The maximum atomic E-state index is 12.6. The lowest BCUT2D eigenvalue weighted by molar-refractivity contribution is 0.477. The second kappa shape index (κ2) is 9.71. The predicted molar refractivity (Wildman–Crippen MR) is 113 cm³/mol. The molecule has 7 heteroatoms. The zero-order valence-corrected chi connectivity index (χ0v) is 17.1. The van der Waals surface area contributed by atoms with Gasteiger partial charge in [0.25, 0.3) is 0 Å². The second-order valence-electron chi connectivity index (χ2n) is 6.79. The average Bonchev–Trinajstić information content (AvgIpc) is 3.27. The van der Waals surface area contributed by atoms with Gasteiger partial charge in [0, 0.05) is 26.2 Å². The molecule has 0 amide bonds. The minimum Gasteiger partial charge on any atom is -0.357 e. The van der Waals surface area contributed by atoms with E-state index >= 15 is 0 Å². The molecule has 0 aromatic heterocycles. The van der Waals surface area contributed by atoms with Gasteiger partial charge in [-0.15, -0.1) is 0 Å². The van der Waals surface area contributed by atoms with Gasteiger partial charge in [0.05, 0.1) is 11.4 Å². The van der Waals surface area contributed by atoms with Crippen molar-refractivity contribution in [3.05, 3.63) is 65.7 Å². The molecule has 0 spiro atoms. The average molecular weight is 401 g/mol. The van der Waals surface area contributed by atoms with Crippen LogP contribution in [0.4, 0.5) is 0 Å². The summed E-state index contributed by atoms with van der Waals surface area (Å²) < 4.78 is 26.8. The Labute approximate surface area is 167 Å². The Bertz CT molecular complexity index is 874. The van der Waals surface area contributed by atoms with Crippen molar-refractivity contribution in [2.75, 3.05) is 19.6 Å². The highest BCUT2D eigenvalue weighted by atomic mass is 32.2. The Morgan fingerprint density at radius 1 is 0.964 bits per heavy atom. The molecule has 2 aromatic carbocycles. The van der Waals surface area contributed by atoms with Crippen LogP contribution in [0, 0.1) is 0 Å². The summed E-state index contributed by atoms with van der Waals surface area (Å²) in [6.45, 7) is 5.21. The molecule has 1 fully saturated rings. The lowest BCUT2D eigenvalue weighted by atomic mass is 10.2. The van der Waals surface area contributed by atoms with Crippen molar-refractivity contribution in [1.29, 1.82) is 0 Å². The van der Waals surface area contributed by atoms with E-state index in [1.807, 2.05) is 49.4 Å². The van der Waals surface area contributed by atoms with Gasteiger partial charge in [-0.05, 0) is 43.0 Å². The molecule has 28 heavy (non-hydrogen) atoms. The van der Waals surface area contributed by atoms with Crippen LogP contribution in [-0.4, -0.2) is 38.3 Å². The SMILES string of the molecule is CCNC(=NCc1ccccc1)NCc1ccc(S(=O)(=O)N2CCCC2)cc1. The smallest absolute Gasteiger partial charge is 0.243 e. The van der Waals surface area contributed by atoms with Crippen molar-refractivity contribution >= 4 is 16.0 Å². The summed E-state index contributed by atoms with van der Waals surface area (Å²) in [7, 11) is -3.36. The van der Waals surface area contributed by atoms with E-state index in [0.29, 0.717) is 31.1 Å². The Morgan fingerprint density at radius 3 is 2.29 bits per heavy atom. The first-order chi connectivity index (χ1) is 13.6. The fourth-order valence-corrected chi connectivity index (χ4v) is 4.66. The van der Waals surface area contributed by atoms with Crippen LogP contribution in [0.5, 0.6) is 0 Å². The Morgan fingerprint density at radius 2 is 1.64 bits per heavy atom. The van der Waals surface area contributed by atoms with E-state index in [-0.39, 0.29) is 0 Å². The van der Waals surface area contributed by atoms with Gasteiger partial charge in [-0.1, -0.05) is 42.5 Å². The molecule has 1 aliphatic rings. The fraction of sp³-hybridized carbons (Fsp3) is 0.381. The van der Waals surface area contributed by atoms with Gasteiger partial charge in [0.15, 0.2) is 5.96 Å². The molecular formula is C21H28N4O2S. The molecule has 0 aliphatic carbocycles. The number of nitrogens with one attached hydrogen (secondary N) is 2. The number of nitrogens with zero attached hydrogens (tertiary/aromatic N) is 2. The normalized spacial score (nSPS) is 15.5. The van der Waals surface area contributed by atoms with Gasteiger partial charge in [-0.25, -0.2) is 13.4 Å². The summed E-state index contributed by atoms with van der Waals surface area (Å²) in [5, 5.41) is 6.53. The summed E-state index contributed by atoms with van der Waals surface area (Å²) in [6, 6.07) is 17.2. The van der Waals surface area contributed by atoms with Crippen LogP contribution in [0.15, 0.2) is 64.5 Å². The molecular weight excluding hydrogens is 372 g/mol. The third kappa shape index (κ3) is 5.33. The quantitative estimate of drug-likeness (QED) is 0.554. The third-order valence-electron chi connectivity index (χ3n) is 4.69. The molecule has 1 heterocycles. The number of benzene rings is 2. The van der Waals surface area contributed by atoms with Crippen LogP contribution in [0.25, 0.3) is 0 Å². The lowest BCUT2D eigenvalue weighted by Gasteiger charge is -2.16. The van der Waals surface area contributed by atoms with Gasteiger partial charge in [0.2, 0.25) is 10.0 Å². The highest BCUT2D eigenvalue weighted by Crippen LogP contribution is 2.21. The summed E-state index contributed by atoms with van der Waals surface area (Å²) in [5.41, 5.74) is 2.15. The number of hydrogen-bond donors (Lipinski definition) is 2. The van der Waals surface area contributed by atoms with Gasteiger partial charge >= 0.3 is 0 Å². The fourth-order valence-electron chi connectivity index (χ4n) is 3.14. The van der Waals surface area contributed by atoms with Gasteiger partial charge in [-0.2, -0.15) is 4.31 Å². The third-order valence-corrected chi connectivity index (χ3v) is 6.61. The molecule has 1 aliphatic heterocycles. The Balaban J connectivity index is 1.60. The molecule has 0 atom stereocenters. The minimum atomic E-state index is -3.36. The number of sulfonamides is 1. The summed E-state index contributed by atoms with van der Waals surface area (Å²) in [5.74, 6) is 0.736. The zero-order chi connectivity index (χ0) is 19.8. The van der Waals surface area contributed by atoms with Crippen LogP contribution in [0.3, 0.4) is 0 Å². The van der Waals surface area contributed by atoms with Crippen molar-refractivity contribution in [2.45, 2.75) is 37.8 Å². The number of guanidine groups is 1. The van der Waals surface area contributed by atoms with E-state index in [2.05, 4.69) is 15.6 Å². The van der Waals surface area contributed by atoms with E-state index in [4.69, 9.17) is 0 Å². The highest BCUT2D eigenvalue weighted by Gasteiger charge is 2.26. The molecule has 0 radical (unpaired) electrons. The Kier molecular flexibility index (Phi) is 7.06. The standard InChI is InChI=1S/C21H28N4O2S/c1-2-22-21(23-16-18-8-4-3-5-9-18)24-17-19-10-12-20(13-11-19)28(26,27)25-14-6-7-15-25/h3-5,8-13H,2,6-7,14-17H2,1H3,(H2,22,23,24). The molecule has 150 valence electrons. The molecule has 0 bridgehead atoms. The van der Waals surface area contributed by atoms with Crippen molar-refractivity contribution in [3.63, 3.8) is 0 Å². The van der Waals surface area contributed by atoms with E-state index in [0.717, 1.165) is 36.5 Å². The molecule has 0 saturated carbocycles. The van der Waals surface area contributed by atoms with Crippen LogP contribution in [0.2, 0.25) is 0 Å². The van der Waals surface area contributed by atoms with Crippen molar-refractivity contribution < 1.29 is 8.42 Å². The summed E-state index contributed by atoms with van der Waals surface area (Å²) >= 11 is 0. The molecule has 0 unspecified atom stereocenters. The topological polar surface area (TPSA) is 73.8 Å². The van der Waals surface area contributed by atoms with Crippen molar-refractivity contribution in [1.82, 2.24) is 14.9 Å². The molecule has 2 aromatic rings. The second-order valence-corrected chi connectivity index (χ2v) is 8.73. The van der Waals surface area contributed by atoms with E-state index in [1.54, 1.807) is 16.4 Å². The van der Waals surface area contributed by atoms with E-state index in [9.17, 15) is 8.42 Å². The number of rotatable bonds is 7. The summed E-state index contributed by atoms with van der Waals surface area (Å²) in [6.07, 6.45) is 1.88. The van der Waals surface area contributed by atoms with Crippen LogP contribution < -0.4 is 10.6 Å².